The quantitative estimate of drug-likeness (QED) is 0.857. The van der Waals surface area contributed by atoms with Gasteiger partial charge in [-0.25, -0.2) is 0 Å². The minimum atomic E-state index is -1.15. The zero-order valence-corrected chi connectivity index (χ0v) is 16.0. The van der Waals surface area contributed by atoms with Gasteiger partial charge in [0.15, 0.2) is 0 Å². The van der Waals surface area contributed by atoms with Crippen LogP contribution in [0.1, 0.15) is 25.0 Å². The van der Waals surface area contributed by atoms with Crippen LogP contribution in [0.25, 0.3) is 0 Å². The molecular formula is C20H23Cl2NO2. The molecule has 1 heterocycles. The maximum Gasteiger partial charge on any atom is 0.127 e. The lowest BCUT2D eigenvalue weighted by Gasteiger charge is -2.40. The highest BCUT2D eigenvalue weighted by Gasteiger charge is 2.36. The van der Waals surface area contributed by atoms with E-state index in [2.05, 4.69) is 18.7 Å². The molecule has 2 atom stereocenters. The van der Waals surface area contributed by atoms with Crippen molar-refractivity contribution in [1.29, 1.82) is 0 Å². The van der Waals surface area contributed by atoms with Crippen molar-refractivity contribution >= 4 is 23.2 Å². The summed E-state index contributed by atoms with van der Waals surface area (Å²) in [5.74, 6) is 0. The standard InChI is InChI=1S/C20H23Cl2NO2/c1-14-11-23(12-15(2)25-14)13-20(24,16-3-7-18(21)8-4-16)17-5-9-19(22)10-6-17/h3-10,14-15,24H,11-13H2,1-2H3/t14-,15-/m0/s1. The zero-order chi connectivity index (χ0) is 18.0. The van der Waals surface area contributed by atoms with Gasteiger partial charge >= 0.3 is 0 Å². The van der Waals surface area contributed by atoms with Crippen molar-refractivity contribution in [1.82, 2.24) is 4.90 Å². The molecule has 0 aliphatic carbocycles. The normalized spacial score (nSPS) is 22.1. The van der Waals surface area contributed by atoms with E-state index >= 15 is 0 Å². The van der Waals surface area contributed by atoms with Gasteiger partial charge in [-0.15, -0.1) is 0 Å². The SMILES string of the molecule is C[C@H]1CN(CC(O)(c2ccc(Cl)cc2)c2ccc(Cl)cc2)C[C@H](C)O1. The summed E-state index contributed by atoms with van der Waals surface area (Å²) in [6.07, 6.45) is 0.284. The summed E-state index contributed by atoms with van der Waals surface area (Å²) in [5, 5.41) is 13.0. The molecule has 1 fully saturated rings. The van der Waals surface area contributed by atoms with Gasteiger partial charge in [-0.1, -0.05) is 47.5 Å². The van der Waals surface area contributed by atoms with Gasteiger partial charge in [0.2, 0.25) is 0 Å². The first-order valence-electron chi connectivity index (χ1n) is 8.49. The second-order valence-electron chi connectivity index (χ2n) is 6.83. The fourth-order valence-electron chi connectivity index (χ4n) is 3.54. The highest BCUT2D eigenvalue weighted by atomic mass is 35.5. The molecule has 2 aromatic rings. The van der Waals surface area contributed by atoms with Crippen molar-refractivity contribution in [2.75, 3.05) is 19.6 Å². The molecule has 1 aliphatic rings. The van der Waals surface area contributed by atoms with Crippen LogP contribution in [-0.4, -0.2) is 41.8 Å². The average Bonchev–Trinajstić information content (AvgIpc) is 2.55. The maximum absolute atomic E-state index is 11.7. The second kappa shape index (κ2) is 7.65. The molecule has 0 unspecified atom stereocenters. The molecule has 1 N–H and O–H groups in total. The first kappa shape index (κ1) is 18.7. The summed E-state index contributed by atoms with van der Waals surface area (Å²) in [6.45, 7) is 6.18. The highest BCUT2D eigenvalue weighted by Crippen LogP contribution is 2.33. The predicted octanol–water partition coefficient (Wildman–Crippen LogP) is 4.34. The van der Waals surface area contributed by atoms with E-state index in [1.54, 1.807) is 0 Å². The van der Waals surface area contributed by atoms with Crippen molar-refractivity contribution in [3.8, 4) is 0 Å². The number of hydrogen-bond acceptors (Lipinski definition) is 3. The number of β-amino-alcohol motifs (C(OH)–C–C–N with tert-alkyl or cyclic N) is 1. The topological polar surface area (TPSA) is 32.7 Å². The summed E-state index contributed by atoms with van der Waals surface area (Å²) < 4.78 is 5.82. The van der Waals surface area contributed by atoms with E-state index < -0.39 is 5.60 Å². The van der Waals surface area contributed by atoms with E-state index in [1.165, 1.54) is 0 Å². The summed E-state index contributed by atoms with van der Waals surface area (Å²) in [5.41, 5.74) is 0.475. The van der Waals surface area contributed by atoms with Crippen LogP contribution in [0, 0.1) is 0 Å². The van der Waals surface area contributed by atoms with Crippen molar-refractivity contribution in [2.24, 2.45) is 0 Å². The van der Waals surface area contributed by atoms with Crippen LogP contribution in [0.4, 0.5) is 0 Å². The summed E-state index contributed by atoms with van der Waals surface area (Å²) in [7, 11) is 0. The van der Waals surface area contributed by atoms with Crippen LogP contribution in [0.15, 0.2) is 48.5 Å². The maximum atomic E-state index is 11.7. The summed E-state index contributed by atoms with van der Waals surface area (Å²) in [6, 6.07) is 14.7. The Morgan fingerprint density at radius 1 is 0.920 bits per heavy atom. The van der Waals surface area contributed by atoms with Crippen molar-refractivity contribution < 1.29 is 9.84 Å². The fraction of sp³-hybridized carbons (Fsp3) is 0.400. The van der Waals surface area contributed by atoms with E-state index in [4.69, 9.17) is 27.9 Å². The number of benzene rings is 2. The highest BCUT2D eigenvalue weighted by molar-refractivity contribution is 6.30. The number of hydrogen-bond donors (Lipinski definition) is 1. The van der Waals surface area contributed by atoms with Gasteiger partial charge in [0, 0.05) is 29.7 Å². The van der Waals surface area contributed by atoms with E-state index in [0.29, 0.717) is 16.6 Å². The lowest BCUT2D eigenvalue weighted by atomic mass is 9.85. The minimum absolute atomic E-state index is 0.142. The lowest BCUT2D eigenvalue weighted by Crippen LogP contribution is -2.51. The molecule has 25 heavy (non-hydrogen) atoms. The Hall–Kier alpha value is -1.10. The summed E-state index contributed by atoms with van der Waals surface area (Å²) in [4.78, 5) is 2.25. The van der Waals surface area contributed by atoms with Crippen molar-refractivity contribution in [3.63, 3.8) is 0 Å². The molecule has 1 aliphatic heterocycles. The molecule has 3 nitrogen and oxygen atoms in total. The monoisotopic (exact) mass is 379 g/mol. The van der Waals surface area contributed by atoms with E-state index in [9.17, 15) is 5.11 Å². The molecule has 0 saturated carbocycles. The van der Waals surface area contributed by atoms with Gasteiger partial charge in [0.05, 0.1) is 12.2 Å². The Kier molecular flexibility index (Phi) is 5.71. The number of morpholine rings is 1. The third kappa shape index (κ3) is 4.36. The van der Waals surface area contributed by atoms with Crippen molar-refractivity contribution in [3.05, 3.63) is 69.7 Å². The third-order valence-corrected chi connectivity index (χ3v) is 5.10. The molecule has 0 amide bonds. The Balaban J connectivity index is 1.96. The largest absolute Gasteiger partial charge is 0.379 e. The number of halogens is 2. The van der Waals surface area contributed by atoms with Gasteiger partial charge in [0.1, 0.15) is 5.60 Å². The zero-order valence-electron chi connectivity index (χ0n) is 14.5. The van der Waals surface area contributed by atoms with Crippen LogP contribution in [0.5, 0.6) is 0 Å². The molecule has 1 saturated heterocycles. The van der Waals surface area contributed by atoms with Crippen molar-refractivity contribution in [2.45, 2.75) is 31.7 Å². The van der Waals surface area contributed by atoms with E-state index in [0.717, 1.165) is 24.2 Å². The smallest absolute Gasteiger partial charge is 0.127 e. The van der Waals surface area contributed by atoms with E-state index in [-0.39, 0.29) is 12.2 Å². The Bertz CT molecular complexity index is 647. The Labute approximate surface area is 159 Å². The third-order valence-electron chi connectivity index (χ3n) is 4.59. The van der Waals surface area contributed by atoms with Crippen LogP contribution < -0.4 is 0 Å². The number of ether oxygens (including phenoxy) is 1. The molecule has 0 spiro atoms. The van der Waals surface area contributed by atoms with Gasteiger partial charge in [-0.05, 0) is 49.2 Å². The minimum Gasteiger partial charge on any atom is -0.379 e. The molecule has 0 aromatic heterocycles. The van der Waals surface area contributed by atoms with Gasteiger partial charge < -0.3 is 9.84 Å². The van der Waals surface area contributed by atoms with Gasteiger partial charge in [0.25, 0.3) is 0 Å². The molecule has 2 aromatic carbocycles. The molecule has 134 valence electrons. The Morgan fingerprint density at radius 2 is 1.32 bits per heavy atom. The molecular weight excluding hydrogens is 357 g/mol. The van der Waals surface area contributed by atoms with Gasteiger partial charge in [-0.3, -0.25) is 4.90 Å². The average molecular weight is 380 g/mol. The van der Waals surface area contributed by atoms with Crippen LogP contribution in [-0.2, 0) is 10.3 Å². The first-order chi connectivity index (χ1) is 11.9. The van der Waals surface area contributed by atoms with Gasteiger partial charge in [-0.2, -0.15) is 0 Å². The lowest BCUT2D eigenvalue weighted by molar-refractivity contribution is -0.0865. The van der Waals surface area contributed by atoms with Crippen LogP contribution in [0.2, 0.25) is 10.0 Å². The molecule has 0 radical (unpaired) electrons. The molecule has 0 bridgehead atoms. The number of aliphatic hydroxyl groups is 1. The Morgan fingerprint density at radius 3 is 1.72 bits per heavy atom. The predicted molar refractivity (Wildman–Crippen MR) is 102 cm³/mol. The molecule has 5 heteroatoms. The fourth-order valence-corrected chi connectivity index (χ4v) is 3.79. The summed E-state index contributed by atoms with van der Waals surface area (Å²) >= 11 is 12.1. The van der Waals surface area contributed by atoms with E-state index in [1.807, 2.05) is 48.5 Å². The molecule has 3 rings (SSSR count). The number of rotatable bonds is 4. The first-order valence-corrected chi connectivity index (χ1v) is 9.25. The number of nitrogens with zero attached hydrogens (tertiary/aromatic N) is 1. The van der Waals surface area contributed by atoms with Crippen LogP contribution >= 0.6 is 23.2 Å². The van der Waals surface area contributed by atoms with Crippen LogP contribution in [0.3, 0.4) is 0 Å². The second-order valence-corrected chi connectivity index (χ2v) is 7.70.